The van der Waals surface area contributed by atoms with Crippen LogP contribution in [0.2, 0.25) is 0 Å². The zero-order valence-corrected chi connectivity index (χ0v) is 26.1. The van der Waals surface area contributed by atoms with Crippen LogP contribution in [0.3, 0.4) is 0 Å². The fourth-order valence-electron chi connectivity index (χ4n) is 4.95. The third-order valence-electron chi connectivity index (χ3n) is 7.04. The summed E-state index contributed by atoms with van der Waals surface area (Å²) in [5.74, 6) is 1.53. The number of aromatic nitrogens is 2. The average Bonchev–Trinajstić information content (AvgIpc) is 2.98. The lowest BCUT2D eigenvalue weighted by Crippen LogP contribution is -3.36. The van der Waals surface area contributed by atoms with Crippen molar-refractivity contribution in [2.75, 3.05) is 56.0 Å². The second-order valence-corrected chi connectivity index (χ2v) is 14.8. The number of halogens is 1. The van der Waals surface area contributed by atoms with Crippen molar-refractivity contribution in [1.29, 1.82) is 0 Å². The van der Waals surface area contributed by atoms with Gasteiger partial charge in [0.25, 0.3) is 0 Å². The van der Waals surface area contributed by atoms with Crippen LogP contribution in [0.25, 0.3) is 10.9 Å². The lowest BCUT2D eigenvalue weighted by molar-refractivity contribution is -0.164. The molecule has 0 atom stereocenters. The van der Waals surface area contributed by atoms with Gasteiger partial charge in [0, 0.05) is 49.9 Å². The molecular weight excluding hydrogens is 655 g/mol. The average molecular weight is 690 g/mol. The largest absolute Gasteiger partial charge is 0.494 e. The topological polar surface area (TPSA) is 118 Å². The van der Waals surface area contributed by atoms with Gasteiger partial charge in [-0.25, -0.2) is 4.98 Å². The van der Waals surface area contributed by atoms with Crippen LogP contribution in [0.4, 0.5) is 28.8 Å². The van der Waals surface area contributed by atoms with E-state index in [2.05, 4.69) is 26.9 Å². The molecule has 0 spiro atoms. The standard InChI is InChI=1S/C29H34IN6O4S/c1-39-18-15-31-20-13-16-36(17-14-20)21-11-12-24(26(19-21)40-2)34-29-33-23-8-4-3-7-22(23)28(35-29)32-25-9-5-6-10-27(25)41(30,37)38/h3-12,19-20,30-31H,13-18H2,1-2H3,(H2,32,33,34,35)/q+1. The zero-order valence-electron chi connectivity index (χ0n) is 23.0. The number of fused-ring (bicyclic) bond motifs is 1. The zero-order chi connectivity index (χ0) is 28.8. The van der Waals surface area contributed by atoms with Crippen molar-refractivity contribution in [3.8, 4) is 5.75 Å². The van der Waals surface area contributed by atoms with E-state index in [1.165, 1.54) is 0 Å². The Hall–Kier alpha value is -3.20. The van der Waals surface area contributed by atoms with Crippen LogP contribution in [0.1, 0.15) is 12.8 Å². The van der Waals surface area contributed by atoms with Gasteiger partial charge in [0.05, 0.1) is 30.6 Å². The first-order valence-corrected chi connectivity index (χ1v) is 17.6. The van der Waals surface area contributed by atoms with Crippen LogP contribution in [0, 0.1) is 0 Å². The maximum absolute atomic E-state index is 12.4. The Morgan fingerprint density at radius 2 is 1.71 bits per heavy atom. The highest BCUT2D eigenvalue weighted by Crippen LogP contribution is 2.34. The summed E-state index contributed by atoms with van der Waals surface area (Å²) in [7, 11) is -0.0699. The van der Waals surface area contributed by atoms with Crippen molar-refractivity contribution < 1.29 is 39.1 Å². The summed E-state index contributed by atoms with van der Waals surface area (Å²) in [5.41, 5.74) is 2.99. The van der Waals surface area contributed by atoms with Crippen molar-refractivity contribution in [2.24, 2.45) is 0 Å². The summed E-state index contributed by atoms with van der Waals surface area (Å²) < 4.78 is 35.7. The number of ether oxygens (including phenoxy) is 2. The minimum absolute atomic E-state index is 0.203. The van der Waals surface area contributed by atoms with Gasteiger partial charge in [-0.1, -0.05) is 24.3 Å². The van der Waals surface area contributed by atoms with Gasteiger partial charge >= 0.3 is 28.2 Å². The van der Waals surface area contributed by atoms with Gasteiger partial charge in [-0.05, 0) is 49.2 Å². The number of methoxy groups -OCH3 is 2. The van der Waals surface area contributed by atoms with Crippen molar-refractivity contribution in [3.63, 3.8) is 0 Å². The van der Waals surface area contributed by atoms with E-state index in [0.29, 0.717) is 34.8 Å². The minimum atomic E-state index is -3.44. The first-order valence-electron chi connectivity index (χ1n) is 13.4. The maximum Gasteiger partial charge on any atom is 0.404 e. The van der Waals surface area contributed by atoms with Crippen LogP contribution < -0.4 is 46.8 Å². The Kier molecular flexibility index (Phi) is 9.42. The highest BCUT2D eigenvalue weighted by atomic mass is 127. The van der Waals surface area contributed by atoms with Gasteiger partial charge in [-0.15, -0.1) is 0 Å². The van der Waals surface area contributed by atoms with E-state index in [1.54, 1.807) is 38.5 Å². The molecule has 1 fully saturated rings. The smallest absolute Gasteiger partial charge is 0.404 e. The van der Waals surface area contributed by atoms with Crippen LogP contribution in [-0.4, -0.2) is 64.9 Å². The molecule has 0 amide bonds. The van der Waals surface area contributed by atoms with Crippen LogP contribution in [0.15, 0.2) is 71.6 Å². The predicted molar refractivity (Wildman–Crippen MR) is 159 cm³/mol. The first kappa shape index (κ1) is 29.3. The molecule has 0 radical (unpaired) electrons. The van der Waals surface area contributed by atoms with Gasteiger partial charge < -0.3 is 30.3 Å². The predicted octanol–water partition coefficient (Wildman–Crippen LogP) is 1.30. The third-order valence-corrected chi connectivity index (χ3v) is 9.48. The maximum atomic E-state index is 12.4. The minimum Gasteiger partial charge on any atom is -0.494 e. The molecule has 1 aromatic heterocycles. The first-order chi connectivity index (χ1) is 19.9. The van der Waals surface area contributed by atoms with Crippen LogP contribution >= 0.6 is 0 Å². The van der Waals surface area contributed by atoms with Gasteiger partial charge in [0.15, 0.2) is 0 Å². The van der Waals surface area contributed by atoms with E-state index in [4.69, 9.17) is 19.4 Å². The molecule has 10 nitrogen and oxygen atoms in total. The number of hydrogen-bond donors (Lipinski definition) is 3. The molecule has 3 N–H and O–H groups in total. The van der Waals surface area contributed by atoms with Crippen molar-refractivity contribution >= 4 is 46.7 Å². The second-order valence-electron chi connectivity index (χ2n) is 9.71. The fourth-order valence-corrected chi connectivity index (χ4v) is 6.83. The van der Waals surface area contributed by atoms with E-state index >= 15 is 0 Å². The SMILES string of the molecule is COCCNC1CCN(c2ccc(Nc3nc(Nc4ccccc4S(=O)(=O)[IH+])c4ccccc4n3)c(OC)c2)CC1. The van der Waals surface area contributed by atoms with Gasteiger partial charge in [-0.3, -0.25) is 0 Å². The molecule has 12 heteroatoms. The third kappa shape index (κ3) is 7.18. The number of hydrogen-bond acceptors (Lipinski definition) is 10. The summed E-state index contributed by atoms with van der Waals surface area (Å²) in [5, 5.41) is 10.9. The van der Waals surface area contributed by atoms with Gasteiger partial charge in [0.2, 0.25) is 5.95 Å². The molecular formula is C29H34IN6O4S+. The number of nitrogens with one attached hydrogen (secondary N) is 3. The molecule has 5 rings (SSSR count). The summed E-state index contributed by atoms with van der Waals surface area (Å²) in [6.45, 7) is 3.50. The van der Waals surface area contributed by atoms with Crippen molar-refractivity contribution in [2.45, 2.75) is 23.8 Å². The molecule has 0 unspecified atom stereocenters. The summed E-state index contributed by atoms with van der Waals surface area (Å²) in [6, 6.07) is 21.0. The molecule has 4 aromatic rings. The van der Waals surface area contributed by atoms with Crippen molar-refractivity contribution in [1.82, 2.24) is 15.3 Å². The van der Waals surface area contributed by atoms with Crippen LogP contribution in [-0.2, 0) is 11.7 Å². The molecule has 0 bridgehead atoms. The Labute approximate surface area is 252 Å². The highest BCUT2D eigenvalue weighted by Gasteiger charge is 2.23. The van der Waals surface area contributed by atoms with E-state index < -0.39 is 7.01 Å². The molecule has 1 saturated heterocycles. The molecule has 0 aliphatic carbocycles. The number of anilines is 5. The number of benzene rings is 3. The Morgan fingerprint density at radius 3 is 2.46 bits per heavy atom. The Bertz CT molecular complexity index is 1610. The molecule has 0 saturated carbocycles. The molecule has 41 heavy (non-hydrogen) atoms. The second kappa shape index (κ2) is 13.2. The summed E-state index contributed by atoms with van der Waals surface area (Å²) >= 11 is 1.11. The monoisotopic (exact) mass is 689 g/mol. The summed E-state index contributed by atoms with van der Waals surface area (Å²) in [4.78, 5) is 12.0. The fraction of sp³-hybridized carbons (Fsp3) is 0.310. The van der Waals surface area contributed by atoms with E-state index in [0.717, 1.165) is 77.0 Å². The van der Waals surface area contributed by atoms with Gasteiger partial charge in [-0.2, -0.15) is 13.4 Å². The van der Waals surface area contributed by atoms with Gasteiger partial charge in [0.1, 0.15) is 16.5 Å². The molecule has 216 valence electrons. The molecule has 2 heterocycles. The Balaban J connectivity index is 1.38. The lowest BCUT2D eigenvalue weighted by Gasteiger charge is -2.34. The van der Waals surface area contributed by atoms with E-state index in [1.807, 2.05) is 36.4 Å². The number of nitrogens with zero attached hydrogens (tertiary/aromatic N) is 3. The molecule has 1 aliphatic rings. The lowest BCUT2D eigenvalue weighted by atomic mass is 10.0. The summed E-state index contributed by atoms with van der Waals surface area (Å²) in [6.07, 6.45) is 2.13. The quantitative estimate of drug-likeness (QED) is 0.121. The van der Waals surface area contributed by atoms with Crippen LogP contribution in [0.5, 0.6) is 5.75 Å². The molecule has 1 aliphatic heterocycles. The number of rotatable bonds is 11. The Morgan fingerprint density at radius 1 is 0.951 bits per heavy atom. The number of para-hydroxylation sites is 2. The van der Waals surface area contributed by atoms with E-state index in [-0.39, 0.29) is 4.90 Å². The normalized spacial score (nSPS) is 14.3. The highest BCUT2D eigenvalue weighted by molar-refractivity contribution is 7.84. The van der Waals surface area contributed by atoms with Crippen molar-refractivity contribution in [3.05, 3.63) is 66.7 Å². The molecule has 3 aromatic carbocycles. The van der Waals surface area contributed by atoms with E-state index in [9.17, 15) is 8.42 Å². The number of piperidine rings is 1.